The van der Waals surface area contributed by atoms with Gasteiger partial charge < -0.3 is 15.8 Å². The molecule has 0 aliphatic rings. The molecule has 0 spiro atoms. The number of hydrogen-bond acceptors (Lipinski definition) is 4. The molecule has 1 heterocycles. The van der Waals surface area contributed by atoms with Crippen molar-refractivity contribution in [1.82, 2.24) is 4.98 Å². The topological polar surface area (TPSA) is 77.2 Å². The van der Waals surface area contributed by atoms with Gasteiger partial charge in [0.1, 0.15) is 5.69 Å². The summed E-state index contributed by atoms with van der Waals surface area (Å²) in [6.45, 7) is 3.77. The van der Waals surface area contributed by atoms with Crippen LogP contribution in [0.4, 0.5) is 11.4 Å². The van der Waals surface area contributed by atoms with Crippen LogP contribution in [-0.4, -0.2) is 17.0 Å². The number of carbonyl (C=O) groups is 1. The number of halogens is 1. The molecule has 5 nitrogen and oxygen atoms in total. The van der Waals surface area contributed by atoms with Crippen LogP contribution in [0.3, 0.4) is 0 Å². The molecule has 0 fully saturated rings. The van der Waals surface area contributed by atoms with Gasteiger partial charge in [0, 0.05) is 11.9 Å². The Kier molecular flexibility index (Phi) is 4.65. The van der Waals surface area contributed by atoms with E-state index in [0.717, 1.165) is 0 Å². The summed E-state index contributed by atoms with van der Waals surface area (Å²) < 4.78 is 5.55. The molecule has 6 heteroatoms. The van der Waals surface area contributed by atoms with E-state index >= 15 is 0 Å². The molecule has 2 aromatic rings. The van der Waals surface area contributed by atoms with Crippen LogP contribution in [0.15, 0.2) is 36.5 Å². The monoisotopic (exact) mass is 305 g/mol. The highest BCUT2D eigenvalue weighted by atomic mass is 35.5. The van der Waals surface area contributed by atoms with Crippen molar-refractivity contribution in [3.05, 3.63) is 47.1 Å². The number of carbonyl (C=O) groups excluding carboxylic acids is 1. The quantitative estimate of drug-likeness (QED) is 0.849. The minimum atomic E-state index is -0.367. The molecular weight excluding hydrogens is 290 g/mol. The average Bonchev–Trinajstić information content (AvgIpc) is 2.43. The van der Waals surface area contributed by atoms with Crippen molar-refractivity contribution in [2.75, 3.05) is 11.1 Å². The number of benzene rings is 1. The SMILES string of the molecule is CC(C)Oc1ncccc1NC(=O)c1cc(N)ccc1Cl. The molecule has 21 heavy (non-hydrogen) atoms. The standard InChI is InChI=1S/C15H16ClN3O2/c1-9(2)21-15-13(4-3-7-18-15)19-14(20)11-8-10(17)5-6-12(11)16/h3-9H,17H2,1-2H3,(H,19,20). The van der Waals surface area contributed by atoms with Gasteiger partial charge in [-0.3, -0.25) is 4.79 Å². The van der Waals surface area contributed by atoms with Crippen LogP contribution in [0.1, 0.15) is 24.2 Å². The van der Waals surface area contributed by atoms with E-state index in [1.165, 1.54) is 6.07 Å². The largest absolute Gasteiger partial charge is 0.473 e. The van der Waals surface area contributed by atoms with Crippen LogP contribution < -0.4 is 15.8 Å². The van der Waals surface area contributed by atoms with E-state index in [-0.39, 0.29) is 12.0 Å². The van der Waals surface area contributed by atoms with Gasteiger partial charge in [0.2, 0.25) is 5.88 Å². The van der Waals surface area contributed by atoms with Gasteiger partial charge in [-0.05, 0) is 44.2 Å². The van der Waals surface area contributed by atoms with Gasteiger partial charge in [0.25, 0.3) is 5.91 Å². The fourth-order valence-corrected chi connectivity index (χ4v) is 1.91. The summed E-state index contributed by atoms with van der Waals surface area (Å²) in [5.74, 6) is -0.00483. The molecule has 1 aromatic heterocycles. The third-order valence-corrected chi connectivity index (χ3v) is 2.93. The Morgan fingerprint density at radius 1 is 1.38 bits per heavy atom. The number of nitrogens with zero attached hydrogens (tertiary/aromatic N) is 1. The third kappa shape index (κ3) is 3.86. The Balaban J connectivity index is 2.25. The van der Waals surface area contributed by atoms with Crippen LogP contribution in [0, 0.1) is 0 Å². The van der Waals surface area contributed by atoms with Gasteiger partial charge in [0.05, 0.1) is 16.7 Å². The lowest BCUT2D eigenvalue weighted by atomic mass is 10.2. The van der Waals surface area contributed by atoms with Gasteiger partial charge in [-0.1, -0.05) is 11.6 Å². The zero-order valence-corrected chi connectivity index (χ0v) is 12.5. The molecular formula is C15H16ClN3O2. The zero-order valence-electron chi connectivity index (χ0n) is 11.8. The maximum atomic E-state index is 12.3. The number of nitrogen functional groups attached to an aromatic ring is 1. The maximum Gasteiger partial charge on any atom is 0.257 e. The summed E-state index contributed by atoms with van der Waals surface area (Å²) in [6.07, 6.45) is 1.55. The van der Waals surface area contributed by atoms with Crippen molar-refractivity contribution in [2.24, 2.45) is 0 Å². The van der Waals surface area contributed by atoms with Crippen LogP contribution >= 0.6 is 11.6 Å². The molecule has 0 radical (unpaired) electrons. The van der Waals surface area contributed by atoms with Crippen molar-refractivity contribution in [3.63, 3.8) is 0 Å². The molecule has 0 unspecified atom stereocenters. The number of rotatable bonds is 4. The second-order valence-electron chi connectivity index (χ2n) is 4.72. The van der Waals surface area contributed by atoms with E-state index in [1.807, 2.05) is 13.8 Å². The van der Waals surface area contributed by atoms with Crippen molar-refractivity contribution < 1.29 is 9.53 Å². The number of anilines is 2. The predicted octanol–water partition coefficient (Wildman–Crippen LogP) is 3.36. The second kappa shape index (κ2) is 6.45. The van der Waals surface area contributed by atoms with E-state index < -0.39 is 0 Å². The lowest BCUT2D eigenvalue weighted by molar-refractivity contribution is 0.102. The molecule has 2 rings (SSSR count). The van der Waals surface area contributed by atoms with E-state index in [0.29, 0.717) is 27.8 Å². The molecule has 3 N–H and O–H groups in total. The highest BCUT2D eigenvalue weighted by Crippen LogP contribution is 2.25. The Morgan fingerprint density at radius 3 is 2.86 bits per heavy atom. The molecule has 0 bridgehead atoms. The van der Waals surface area contributed by atoms with Crippen molar-refractivity contribution >= 4 is 28.9 Å². The summed E-state index contributed by atoms with van der Waals surface area (Å²) in [5.41, 5.74) is 6.93. The third-order valence-electron chi connectivity index (χ3n) is 2.60. The van der Waals surface area contributed by atoms with E-state index in [1.54, 1.807) is 30.5 Å². The van der Waals surface area contributed by atoms with Gasteiger partial charge in [-0.2, -0.15) is 0 Å². The van der Waals surface area contributed by atoms with Crippen LogP contribution in [-0.2, 0) is 0 Å². The number of pyridine rings is 1. The summed E-state index contributed by atoms with van der Waals surface area (Å²) >= 11 is 6.02. The van der Waals surface area contributed by atoms with Crippen molar-refractivity contribution in [3.8, 4) is 5.88 Å². The number of ether oxygens (including phenoxy) is 1. The van der Waals surface area contributed by atoms with Crippen molar-refractivity contribution in [2.45, 2.75) is 20.0 Å². The van der Waals surface area contributed by atoms with Gasteiger partial charge in [-0.15, -0.1) is 0 Å². The normalized spacial score (nSPS) is 10.5. The molecule has 0 atom stereocenters. The van der Waals surface area contributed by atoms with Crippen LogP contribution in [0.2, 0.25) is 5.02 Å². The first kappa shape index (κ1) is 15.1. The maximum absolute atomic E-state index is 12.3. The smallest absolute Gasteiger partial charge is 0.257 e. The summed E-state index contributed by atoms with van der Waals surface area (Å²) in [6, 6.07) is 8.17. The Hall–Kier alpha value is -2.27. The van der Waals surface area contributed by atoms with Gasteiger partial charge in [-0.25, -0.2) is 4.98 Å². The number of hydrogen-bond donors (Lipinski definition) is 2. The molecule has 0 aliphatic carbocycles. The minimum absolute atomic E-state index is 0.0495. The van der Waals surface area contributed by atoms with Crippen LogP contribution in [0.5, 0.6) is 5.88 Å². The summed E-state index contributed by atoms with van der Waals surface area (Å²) in [5, 5.41) is 3.06. The number of nitrogens with two attached hydrogens (primary N) is 1. The van der Waals surface area contributed by atoms with Crippen LogP contribution in [0.25, 0.3) is 0 Å². The fraction of sp³-hybridized carbons (Fsp3) is 0.200. The summed E-state index contributed by atoms with van der Waals surface area (Å²) in [7, 11) is 0. The highest BCUT2D eigenvalue weighted by Gasteiger charge is 2.14. The van der Waals surface area contributed by atoms with Gasteiger partial charge >= 0.3 is 0 Å². The second-order valence-corrected chi connectivity index (χ2v) is 5.12. The molecule has 0 aliphatic heterocycles. The molecule has 1 amide bonds. The molecule has 110 valence electrons. The highest BCUT2D eigenvalue weighted by molar-refractivity contribution is 6.34. The summed E-state index contributed by atoms with van der Waals surface area (Å²) in [4.78, 5) is 16.4. The van der Waals surface area contributed by atoms with E-state index in [4.69, 9.17) is 22.1 Å². The Labute approximate surface area is 128 Å². The number of aromatic nitrogens is 1. The first-order valence-corrected chi connectivity index (χ1v) is 6.83. The van der Waals surface area contributed by atoms with E-state index in [2.05, 4.69) is 10.3 Å². The first-order chi connectivity index (χ1) is 9.97. The predicted molar refractivity (Wildman–Crippen MR) is 83.8 cm³/mol. The molecule has 0 saturated heterocycles. The minimum Gasteiger partial charge on any atom is -0.473 e. The fourth-order valence-electron chi connectivity index (χ4n) is 1.71. The lowest BCUT2D eigenvalue weighted by Gasteiger charge is -2.14. The van der Waals surface area contributed by atoms with E-state index in [9.17, 15) is 4.79 Å². The molecule has 1 aromatic carbocycles. The number of amides is 1. The first-order valence-electron chi connectivity index (χ1n) is 6.45. The number of nitrogens with one attached hydrogen (secondary N) is 1. The van der Waals surface area contributed by atoms with Crippen molar-refractivity contribution in [1.29, 1.82) is 0 Å². The molecule has 0 saturated carbocycles. The lowest BCUT2D eigenvalue weighted by Crippen LogP contribution is -2.15. The Morgan fingerprint density at radius 2 is 2.14 bits per heavy atom. The zero-order chi connectivity index (χ0) is 15.4. The Bertz CT molecular complexity index is 659. The van der Waals surface area contributed by atoms with Gasteiger partial charge in [0.15, 0.2) is 0 Å². The average molecular weight is 306 g/mol.